The SMILES string of the molecule is COc1ccc(CCNC(=O)C=C(C)c2cc3cccc(OCCCC(=O)O)c3o2)cc1OC. The van der Waals surface area contributed by atoms with Gasteiger partial charge in [-0.3, -0.25) is 9.59 Å². The number of hydrogen-bond acceptors (Lipinski definition) is 6. The molecule has 3 rings (SSSR count). The maximum atomic E-state index is 12.4. The van der Waals surface area contributed by atoms with Crippen LogP contribution in [0.25, 0.3) is 16.5 Å². The predicted octanol–water partition coefficient (Wildman–Crippen LogP) is 4.46. The van der Waals surface area contributed by atoms with Gasteiger partial charge in [0.1, 0.15) is 5.76 Å². The lowest BCUT2D eigenvalue weighted by Crippen LogP contribution is -2.23. The number of benzene rings is 2. The van der Waals surface area contributed by atoms with Crippen LogP contribution in [0.2, 0.25) is 0 Å². The summed E-state index contributed by atoms with van der Waals surface area (Å²) in [5.41, 5.74) is 2.26. The van der Waals surface area contributed by atoms with Gasteiger partial charge in [-0.2, -0.15) is 0 Å². The lowest BCUT2D eigenvalue weighted by molar-refractivity contribution is -0.137. The normalized spacial score (nSPS) is 11.3. The van der Waals surface area contributed by atoms with Gasteiger partial charge < -0.3 is 29.1 Å². The van der Waals surface area contributed by atoms with Crippen LogP contribution in [0.3, 0.4) is 0 Å². The number of carboxylic acids is 1. The monoisotopic (exact) mass is 467 g/mol. The molecule has 2 aromatic carbocycles. The number of rotatable bonds is 12. The van der Waals surface area contributed by atoms with Crippen molar-refractivity contribution in [1.29, 1.82) is 0 Å². The molecule has 0 aliphatic rings. The van der Waals surface area contributed by atoms with E-state index in [2.05, 4.69) is 5.32 Å². The van der Waals surface area contributed by atoms with Crippen molar-refractivity contribution in [2.45, 2.75) is 26.2 Å². The van der Waals surface area contributed by atoms with Gasteiger partial charge >= 0.3 is 5.97 Å². The molecule has 0 saturated carbocycles. The molecule has 0 fully saturated rings. The van der Waals surface area contributed by atoms with E-state index in [1.807, 2.05) is 36.4 Å². The van der Waals surface area contributed by atoms with Crippen molar-refractivity contribution in [3.05, 3.63) is 59.9 Å². The molecule has 180 valence electrons. The van der Waals surface area contributed by atoms with E-state index in [1.54, 1.807) is 27.2 Å². The lowest BCUT2D eigenvalue weighted by atomic mass is 10.1. The number of methoxy groups -OCH3 is 2. The highest BCUT2D eigenvalue weighted by Gasteiger charge is 2.12. The van der Waals surface area contributed by atoms with Crippen LogP contribution >= 0.6 is 0 Å². The third kappa shape index (κ3) is 6.54. The minimum Gasteiger partial charge on any atom is -0.493 e. The highest BCUT2D eigenvalue weighted by Crippen LogP contribution is 2.31. The molecule has 0 aliphatic heterocycles. The summed E-state index contributed by atoms with van der Waals surface area (Å²) in [6, 6.07) is 13.0. The van der Waals surface area contributed by atoms with E-state index in [9.17, 15) is 9.59 Å². The van der Waals surface area contributed by atoms with Crippen molar-refractivity contribution in [1.82, 2.24) is 5.32 Å². The molecule has 8 heteroatoms. The molecule has 2 N–H and O–H groups in total. The number of carbonyl (C=O) groups is 2. The maximum Gasteiger partial charge on any atom is 0.303 e. The van der Waals surface area contributed by atoms with E-state index in [0.717, 1.165) is 10.9 Å². The number of aliphatic carboxylic acids is 1. The number of furan rings is 1. The highest BCUT2D eigenvalue weighted by atomic mass is 16.5. The Bertz CT molecular complexity index is 1180. The van der Waals surface area contributed by atoms with Crippen molar-refractivity contribution in [3.8, 4) is 17.2 Å². The van der Waals surface area contributed by atoms with E-state index in [1.165, 1.54) is 6.08 Å². The highest BCUT2D eigenvalue weighted by molar-refractivity contribution is 5.95. The first-order chi connectivity index (χ1) is 16.4. The smallest absolute Gasteiger partial charge is 0.303 e. The number of amides is 1. The fraction of sp³-hybridized carbons (Fsp3) is 0.308. The van der Waals surface area contributed by atoms with Gasteiger partial charge in [-0.1, -0.05) is 18.2 Å². The van der Waals surface area contributed by atoms with Crippen molar-refractivity contribution in [2.75, 3.05) is 27.4 Å². The van der Waals surface area contributed by atoms with Gasteiger partial charge in [0.15, 0.2) is 22.8 Å². The topological polar surface area (TPSA) is 107 Å². The summed E-state index contributed by atoms with van der Waals surface area (Å²) in [7, 11) is 3.17. The molecule has 0 bridgehead atoms. The van der Waals surface area contributed by atoms with Crippen molar-refractivity contribution in [2.24, 2.45) is 0 Å². The Labute approximate surface area is 198 Å². The zero-order valence-electron chi connectivity index (χ0n) is 19.6. The molecule has 0 radical (unpaired) electrons. The molecule has 1 amide bonds. The van der Waals surface area contributed by atoms with Crippen molar-refractivity contribution >= 4 is 28.4 Å². The summed E-state index contributed by atoms with van der Waals surface area (Å²) in [6.45, 7) is 2.55. The second-order valence-corrected chi connectivity index (χ2v) is 7.69. The average molecular weight is 468 g/mol. The standard InChI is InChI=1S/C26H29NO7/c1-17(14-24(28)27-12-11-18-9-10-20(31-2)23(15-18)32-3)22-16-19-6-4-7-21(26(19)34-22)33-13-5-8-25(29)30/h4,6-7,9-10,14-16H,5,8,11-13H2,1-3H3,(H,27,28)(H,29,30). The van der Waals surface area contributed by atoms with Crippen LogP contribution in [0, 0.1) is 0 Å². The molecule has 0 atom stereocenters. The van der Waals surface area contributed by atoms with E-state index in [-0.39, 0.29) is 18.9 Å². The molecule has 3 aromatic rings. The van der Waals surface area contributed by atoms with E-state index in [4.69, 9.17) is 23.7 Å². The van der Waals surface area contributed by atoms with Crippen LogP contribution in [0.5, 0.6) is 17.2 Å². The zero-order chi connectivity index (χ0) is 24.5. The molecule has 0 spiro atoms. The number of fused-ring (bicyclic) bond motifs is 1. The minimum atomic E-state index is -0.857. The number of hydrogen-bond donors (Lipinski definition) is 2. The number of para-hydroxylation sites is 1. The maximum absolute atomic E-state index is 12.4. The fourth-order valence-corrected chi connectivity index (χ4v) is 3.43. The summed E-state index contributed by atoms with van der Waals surface area (Å²) in [6.07, 6.45) is 2.59. The molecule has 34 heavy (non-hydrogen) atoms. The van der Waals surface area contributed by atoms with Gasteiger partial charge in [0.2, 0.25) is 5.91 Å². The largest absolute Gasteiger partial charge is 0.493 e. The van der Waals surface area contributed by atoms with Crippen LogP contribution in [0.1, 0.15) is 31.1 Å². The predicted molar refractivity (Wildman–Crippen MR) is 128 cm³/mol. The van der Waals surface area contributed by atoms with Gasteiger partial charge in [-0.25, -0.2) is 0 Å². The summed E-state index contributed by atoms with van der Waals surface area (Å²) < 4.78 is 22.2. The minimum absolute atomic E-state index is 0.0440. The molecular weight excluding hydrogens is 438 g/mol. The zero-order valence-corrected chi connectivity index (χ0v) is 19.6. The summed E-state index contributed by atoms with van der Waals surface area (Å²) in [5.74, 6) is 1.34. The Kier molecular flexibility index (Phi) is 8.56. The van der Waals surface area contributed by atoms with E-state index in [0.29, 0.717) is 53.6 Å². The van der Waals surface area contributed by atoms with Crippen LogP contribution in [-0.2, 0) is 16.0 Å². The number of carboxylic acid groups (broad SMARTS) is 1. The quantitative estimate of drug-likeness (QED) is 0.299. The van der Waals surface area contributed by atoms with Gasteiger partial charge in [0.05, 0.1) is 20.8 Å². The van der Waals surface area contributed by atoms with Crippen LogP contribution in [0.4, 0.5) is 0 Å². The van der Waals surface area contributed by atoms with Crippen LogP contribution in [-0.4, -0.2) is 44.4 Å². The van der Waals surface area contributed by atoms with E-state index >= 15 is 0 Å². The molecule has 0 saturated heterocycles. The second-order valence-electron chi connectivity index (χ2n) is 7.69. The molecule has 1 heterocycles. The fourth-order valence-electron chi connectivity index (χ4n) is 3.43. The van der Waals surface area contributed by atoms with Crippen molar-refractivity contribution in [3.63, 3.8) is 0 Å². The summed E-state index contributed by atoms with van der Waals surface area (Å²) in [5, 5.41) is 12.5. The summed E-state index contributed by atoms with van der Waals surface area (Å²) in [4.78, 5) is 23.1. The first-order valence-electron chi connectivity index (χ1n) is 11.0. The third-order valence-corrected chi connectivity index (χ3v) is 5.20. The van der Waals surface area contributed by atoms with Gasteiger partial charge in [-0.05, 0) is 55.2 Å². The Morgan fingerprint density at radius 3 is 2.59 bits per heavy atom. The molecule has 8 nitrogen and oxygen atoms in total. The Balaban J connectivity index is 1.59. The lowest BCUT2D eigenvalue weighted by Gasteiger charge is -2.09. The van der Waals surface area contributed by atoms with Crippen LogP contribution in [0.15, 0.2) is 53.0 Å². The molecule has 1 aromatic heterocycles. The molecule has 0 unspecified atom stereocenters. The van der Waals surface area contributed by atoms with Crippen molar-refractivity contribution < 1.29 is 33.3 Å². The first-order valence-corrected chi connectivity index (χ1v) is 11.0. The number of allylic oxidation sites excluding steroid dienone is 1. The molecular formula is C26H29NO7. The second kappa shape index (κ2) is 11.8. The Morgan fingerprint density at radius 1 is 1.06 bits per heavy atom. The Hall–Kier alpha value is -3.94. The van der Waals surface area contributed by atoms with E-state index < -0.39 is 5.97 Å². The number of ether oxygens (including phenoxy) is 3. The number of carbonyl (C=O) groups excluding carboxylic acids is 1. The summed E-state index contributed by atoms with van der Waals surface area (Å²) >= 11 is 0. The average Bonchev–Trinajstić information content (AvgIpc) is 3.27. The first kappa shape index (κ1) is 24.7. The Morgan fingerprint density at radius 2 is 1.85 bits per heavy atom. The van der Waals surface area contributed by atoms with Gasteiger partial charge in [0.25, 0.3) is 0 Å². The number of nitrogens with one attached hydrogen (secondary N) is 1. The third-order valence-electron chi connectivity index (χ3n) is 5.20. The van der Waals surface area contributed by atoms with Gasteiger partial charge in [-0.15, -0.1) is 0 Å². The van der Waals surface area contributed by atoms with Crippen LogP contribution < -0.4 is 19.5 Å². The molecule has 0 aliphatic carbocycles. The van der Waals surface area contributed by atoms with Gasteiger partial charge in [0, 0.05) is 24.4 Å².